The molecular weight excluding hydrogens is 457 g/mol. The third kappa shape index (κ3) is 7.72. The molecule has 8 heteroatoms. The van der Waals surface area contributed by atoms with Crippen molar-refractivity contribution >= 4 is 15.7 Å². The minimum absolute atomic E-state index is 0.0371. The van der Waals surface area contributed by atoms with Gasteiger partial charge >= 0.3 is 0 Å². The largest absolute Gasteiger partial charge is 0.494 e. The molecule has 0 spiro atoms. The van der Waals surface area contributed by atoms with Crippen LogP contribution in [0.1, 0.15) is 52.4 Å². The summed E-state index contributed by atoms with van der Waals surface area (Å²) >= 11 is 0. The molecule has 34 heavy (non-hydrogen) atoms. The van der Waals surface area contributed by atoms with Crippen LogP contribution in [0.4, 0.5) is 4.39 Å². The SMILES string of the molecule is CC(C)(CCCOc1ccc(F)cc1)C(=O)N[C@H]1CC[C@H](Oc2ccc(S(C)(=O)=O)cc2)CC1. The van der Waals surface area contributed by atoms with E-state index < -0.39 is 15.3 Å². The monoisotopic (exact) mass is 491 g/mol. The molecule has 0 heterocycles. The number of nitrogens with one attached hydrogen (secondary N) is 1. The van der Waals surface area contributed by atoms with Gasteiger partial charge in [-0.1, -0.05) is 13.8 Å². The van der Waals surface area contributed by atoms with Crippen molar-refractivity contribution in [1.82, 2.24) is 5.32 Å². The number of carbonyl (C=O) groups excluding carboxylic acids is 1. The van der Waals surface area contributed by atoms with Crippen LogP contribution in [0.15, 0.2) is 53.4 Å². The molecule has 1 amide bonds. The Balaban J connectivity index is 1.37. The zero-order valence-electron chi connectivity index (χ0n) is 20.1. The summed E-state index contributed by atoms with van der Waals surface area (Å²) in [5.74, 6) is 1.02. The first kappa shape index (κ1) is 26.0. The minimum Gasteiger partial charge on any atom is -0.494 e. The highest BCUT2D eigenvalue weighted by Crippen LogP contribution is 2.27. The summed E-state index contributed by atoms with van der Waals surface area (Å²) in [6.45, 7) is 4.35. The molecule has 0 aliphatic heterocycles. The topological polar surface area (TPSA) is 81.7 Å². The number of carbonyl (C=O) groups is 1. The number of ether oxygens (including phenoxy) is 2. The predicted octanol–water partition coefficient (Wildman–Crippen LogP) is 4.92. The lowest BCUT2D eigenvalue weighted by Gasteiger charge is -2.32. The Morgan fingerprint density at radius 1 is 1.00 bits per heavy atom. The lowest BCUT2D eigenvalue weighted by Crippen LogP contribution is -2.45. The van der Waals surface area contributed by atoms with Gasteiger partial charge in [0.1, 0.15) is 17.3 Å². The van der Waals surface area contributed by atoms with Crippen molar-refractivity contribution in [2.45, 2.75) is 69.4 Å². The zero-order chi connectivity index (χ0) is 24.8. The van der Waals surface area contributed by atoms with Crippen LogP contribution >= 0.6 is 0 Å². The van der Waals surface area contributed by atoms with E-state index in [0.717, 1.165) is 32.1 Å². The van der Waals surface area contributed by atoms with Crippen LogP contribution in [0, 0.1) is 11.2 Å². The normalized spacial score (nSPS) is 18.8. The Morgan fingerprint density at radius 3 is 2.18 bits per heavy atom. The standard InChI is InChI=1S/C26H34FNO5S/c1-26(2,17-4-18-32-21-9-5-19(27)6-10-21)25(29)28-20-7-11-22(12-8-20)33-23-13-15-24(16-14-23)34(3,30)31/h5-6,9-10,13-16,20,22H,4,7-8,11-12,17-18H2,1-3H3,(H,28,29)/t20-,22-. The van der Waals surface area contributed by atoms with Crippen molar-refractivity contribution in [3.8, 4) is 11.5 Å². The first-order valence-corrected chi connectivity index (χ1v) is 13.6. The Hall–Kier alpha value is -2.61. The van der Waals surface area contributed by atoms with Gasteiger partial charge in [-0.05, 0) is 87.1 Å². The number of amides is 1. The lowest BCUT2D eigenvalue weighted by atomic mass is 9.85. The van der Waals surface area contributed by atoms with Crippen molar-refractivity contribution in [2.24, 2.45) is 5.41 Å². The van der Waals surface area contributed by atoms with Crippen LogP contribution in [0.2, 0.25) is 0 Å². The first-order valence-electron chi connectivity index (χ1n) is 11.7. The van der Waals surface area contributed by atoms with E-state index in [4.69, 9.17) is 9.47 Å². The van der Waals surface area contributed by atoms with Crippen LogP contribution in [0.5, 0.6) is 11.5 Å². The molecule has 1 saturated carbocycles. The second-order valence-electron chi connectivity index (χ2n) is 9.60. The highest BCUT2D eigenvalue weighted by atomic mass is 32.2. The number of halogens is 1. The number of benzene rings is 2. The average Bonchev–Trinajstić information content (AvgIpc) is 2.79. The van der Waals surface area contributed by atoms with Crippen molar-refractivity contribution in [1.29, 1.82) is 0 Å². The molecule has 3 rings (SSSR count). The van der Waals surface area contributed by atoms with Crippen LogP contribution in [0.25, 0.3) is 0 Å². The van der Waals surface area contributed by atoms with Crippen molar-refractivity contribution in [3.05, 3.63) is 54.3 Å². The second kappa shape index (κ2) is 11.2. The molecule has 1 fully saturated rings. The van der Waals surface area contributed by atoms with Gasteiger partial charge < -0.3 is 14.8 Å². The summed E-state index contributed by atoms with van der Waals surface area (Å²) in [6, 6.07) is 12.5. The summed E-state index contributed by atoms with van der Waals surface area (Å²) in [6.07, 6.45) is 5.95. The van der Waals surface area contributed by atoms with Gasteiger partial charge in [0.25, 0.3) is 0 Å². The van der Waals surface area contributed by atoms with Gasteiger partial charge in [0.15, 0.2) is 9.84 Å². The molecule has 0 saturated heterocycles. The number of hydrogen-bond acceptors (Lipinski definition) is 5. The summed E-state index contributed by atoms with van der Waals surface area (Å²) in [7, 11) is -3.22. The zero-order valence-corrected chi connectivity index (χ0v) is 20.9. The lowest BCUT2D eigenvalue weighted by molar-refractivity contribution is -0.130. The number of sulfone groups is 1. The smallest absolute Gasteiger partial charge is 0.225 e. The van der Waals surface area contributed by atoms with Gasteiger partial charge in [-0.15, -0.1) is 0 Å². The van der Waals surface area contributed by atoms with Gasteiger partial charge in [-0.25, -0.2) is 12.8 Å². The Bertz CT molecular complexity index is 1040. The van der Waals surface area contributed by atoms with Crippen LogP contribution in [-0.4, -0.2) is 39.3 Å². The van der Waals surface area contributed by atoms with Gasteiger partial charge in [0.2, 0.25) is 5.91 Å². The summed E-state index contributed by atoms with van der Waals surface area (Å²) in [5.41, 5.74) is -0.513. The quantitative estimate of drug-likeness (QED) is 0.477. The van der Waals surface area contributed by atoms with Crippen LogP contribution in [-0.2, 0) is 14.6 Å². The van der Waals surface area contributed by atoms with E-state index in [1.807, 2.05) is 13.8 Å². The fourth-order valence-corrected chi connectivity index (χ4v) is 4.64. The van der Waals surface area contributed by atoms with E-state index in [-0.39, 0.29) is 28.8 Å². The molecule has 0 radical (unpaired) electrons. The first-order chi connectivity index (χ1) is 16.0. The summed E-state index contributed by atoms with van der Waals surface area (Å²) in [5, 5.41) is 3.19. The molecule has 1 aliphatic rings. The van der Waals surface area contributed by atoms with Crippen LogP contribution in [0.3, 0.4) is 0 Å². The molecule has 0 aromatic heterocycles. The molecule has 1 aliphatic carbocycles. The third-order valence-electron chi connectivity index (χ3n) is 6.21. The highest BCUT2D eigenvalue weighted by molar-refractivity contribution is 7.90. The molecule has 0 unspecified atom stereocenters. The Labute approximate surface area is 201 Å². The van der Waals surface area contributed by atoms with Gasteiger partial charge in [-0.3, -0.25) is 4.79 Å². The molecule has 186 valence electrons. The van der Waals surface area contributed by atoms with Gasteiger partial charge in [0, 0.05) is 17.7 Å². The van der Waals surface area contributed by atoms with Crippen molar-refractivity contribution < 1.29 is 27.1 Å². The molecule has 2 aromatic rings. The maximum absolute atomic E-state index is 13.0. The van der Waals surface area contributed by atoms with E-state index >= 15 is 0 Å². The fraction of sp³-hybridized carbons (Fsp3) is 0.500. The third-order valence-corrected chi connectivity index (χ3v) is 7.34. The maximum Gasteiger partial charge on any atom is 0.225 e. The maximum atomic E-state index is 13.0. The molecule has 0 bridgehead atoms. The van der Waals surface area contributed by atoms with E-state index in [2.05, 4.69) is 5.32 Å². The predicted molar refractivity (Wildman–Crippen MR) is 129 cm³/mol. The van der Waals surface area contributed by atoms with E-state index in [0.29, 0.717) is 24.5 Å². The molecule has 2 aromatic carbocycles. The van der Waals surface area contributed by atoms with Gasteiger partial charge in [-0.2, -0.15) is 0 Å². The molecule has 6 nitrogen and oxygen atoms in total. The number of hydrogen-bond donors (Lipinski definition) is 1. The Morgan fingerprint density at radius 2 is 1.59 bits per heavy atom. The molecule has 0 atom stereocenters. The highest BCUT2D eigenvalue weighted by Gasteiger charge is 2.31. The summed E-state index contributed by atoms with van der Waals surface area (Å²) < 4.78 is 47.8. The van der Waals surface area contributed by atoms with E-state index in [9.17, 15) is 17.6 Å². The second-order valence-corrected chi connectivity index (χ2v) is 11.6. The minimum atomic E-state index is -3.22. The number of rotatable bonds is 10. The molecular formula is C26H34FNO5S. The Kier molecular flexibility index (Phi) is 8.57. The summed E-state index contributed by atoms with van der Waals surface area (Å²) in [4.78, 5) is 13.1. The fourth-order valence-electron chi connectivity index (χ4n) is 4.01. The van der Waals surface area contributed by atoms with E-state index in [1.54, 1.807) is 36.4 Å². The average molecular weight is 492 g/mol. The van der Waals surface area contributed by atoms with Gasteiger partial charge in [0.05, 0.1) is 17.6 Å². The van der Waals surface area contributed by atoms with E-state index in [1.165, 1.54) is 18.4 Å². The molecule has 1 N–H and O–H groups in total. The van der Waals surface area contributed by atoms with Crippen LogP contribution < -0.4 is 14.8 Å². The van der Waals surface area contributed by atoms with Crippen molar-refractivity contribution in [3.63, 3.8) is 0 Å². The van der Waals surface area contributed by atoms with Crippen molar-refractivity contribution in [2.75, 3.05) is 12.9 Å².